The first kappa shape index (κ1) is 11.0. The van der Waals surface area contributed by atoms with Gasteiger partial charge in [-0.25, -0.2) is 9.78 Å². The van der Waals surface area contributed by atoms with Crippen molar-refractivity contribution in [3.63, 3.8) is 0 Å². The van der Waals surface area contributed by atoms with E-state index in [2.05, 4.69) is 4.98 Å². The number of thiophene rings is 1. The molecule has 5 heteroatoms. The van der Waals surface area contributed by atoms with Crippen molar-refractivity contribution in [1.82, 2.24) is 9.38 Å². The van der Waals surface area contributed by atoms with Gasteiger partial charge < -0.3 is 5.11 Å². The van der Waals surface area contributed by atoms with Crippen LogP contribution in [0.25, 0.3) is 16.2 Å². The molecule has 0 atom stereocenters. The number of rotatable bonds is 2. The number of hydrogen-bond donors (Lipinski definition) is 1. The second kappa shape index (κ2) is 3.96. The molecule has 0 aliphatic rings. The smallest absolute Gasteiger partial charge is 0.352 e. The summed E-state index contributed by atoms with van der Waals surface area (Å²) < 4.78 is 1.61. The zero-order valence-corrected chi connectivity index (χ0v) is 10.4. The SMILES string of the molecule is Cc1ccsc1-c1cn2c(C(=O)O)cccc2n1. The van der Waals surface area contributed by atoms with Crippen LogP contribution in [-0.4, -0.2) is 20.5 Å². The van der Waals surface area contributed by atoms with Gasteiger partial charge in [0.15, 0.2) is 0 Å². The molecule has 0 amide bonds. The summed E-state index contributed by atoms with van der Waals surface area (Å²) in [6.07, 6.45) is 1.78. The van der Waals surface area contributed by atoms with E-state index in [1.54, 1.807) is 40.1 Å². The molecule has 0 aromatic carbocycles. The molecule has 0 unspecified atom stereocenters. The fourth-order valence-corrected chi connectivity index (χ4v) is 2.81. The maximum atomic E-state index is 11.1. The number of aryl methyl sites for hydroxylation is 1. The summed E-state index contributed by atoms with van der Waals surface area (Å²) in [4.78, 5) is 16.7. The third-order valence-electron chi connectivity index (χ3n) is 2.81. The number of carboxylic acid groups (broad SMARTS) is 1. The van der Waals surface area contributed by atoms with E-state index in [1.807, 2.05) is 18.4 Å². The molecule has 0 radical (unpaired) electrons. The zero-order chi connectivity index (χ0) is 12.7. The molecular formula is C13H10N2O2S. The molecule has 1 N–H and O–H groups in total. The average Bonchev–Trinajstić information content (AvgIpc) is 2.92. The van der Waals surface area contributed by atoms with Crippen LogP contribution >= 0.6 is 11.3 Å². The molecule has 90 valence electrons. The normalized spacial score (nSPS) is 10.9. The van der Waals surface area contributed by atoms with Gasteiger partial charge in [-0.1, -0.05) is 6.07 Å². The summed E-state index contributed by atoms with van der Waals surface area (Å²) in [5.41, 5.74) is 2.84. The maximum Gasteiger partial charge on any atom is 0.352 e. The number of hydrogen-bond acceptors (Lipinski definition) is 3. The van der Waals surface area contributed by atoms with Crippen LogP contribution < -0.4 is 0 Å². The van der Waals surface area contributed by atoms with Gasteiger partial charge in [0, 0.05) is 6.20 Å². The zero-order valence-electron chi connectivity index (χ0n) is 9.62. The molecule has 3 aromatic heterocycles. The van der Waals surface area contributed by atoms with E-state index in [4.69, 9.17) is 5.11 Å². The lowest BCUT2D eigenvalue weighted by molar-refractivity contribution is 0.0689. The van der Waals surface area contributed by atoms with Crippen LogP contribution in [0.3, 0.4) is 0 Å². The van der Waals surface area contributed by atoms with E-state index < -0.39 is 5.97 Å². The van der Waals surface area contributed by atoms with Gasteiger partial charge in [0.1, 0.15) is 11.3 Å². The first-order chi connectivity index (χ1) is 8.66. The number of carboxylic acids is 1. The first-order valence-corrected chi connectivity index (χ1v) is 6.30. The molecule has 3 aromatic rings. The lowest BCUT2D eigenvalue weighted by Gasteiger charge is -1.97. The van der Waals surface area contributed by atoms with Crippen LogP contribution in [-0.2, 0) is 0 Å². The molecule has 0 fully saturated rings. The van der Waals surface area contributed by atoms with Gasteiger partial charge in [-0.3, -0.25) is 4.40 Å². The molecule has 0 saturated heterocycles. The molecular weight excluding hydrogens is 248 g/mol. The Bertz CT molecular complexity index is 742. The highest BCUT2D eigenvalue weighted by Gasteiger charge is 2.12. The minimum atomic E-state index is -0.951. The van der Waals surface area contributed by atoms with Crippen molar-refractivity contribution in [2.24, 2.45) is 0 Å². The molecule has 0 saturated carbocycles. The third-order valence-corrected chi connectivity index (χ3v) is 3.84. The molecule has 0 aliphatic carbocycles. The lowest BCUT2D eigenvalue weighted by atomic mass is 10.2. The second-order valence-electron chi connectivity index (χ2n) is 4.00. The molecule has 3 rings (SSSR count). The summed E-state index contributed by atoms with van der Waals surface area (Å²) in [7, 11) is 0. The van der Waals surface area contributed by atoms with Gasteiger partial charge in [0.25, 0.3) is 0 Å². The van der Waals surface area contributed by atoms with Gasteiger partial charge in [-0.2, -0.15) is 0 Å². The van der Waals surface area contributed by atoms with E-state index >= 15 is 0 Å². The van der Waals surface area contributed by atoms with Crippen molar-refractivity contribution < 1.29 is 9.90 Å². The standard InChI is InChI=1S/C13H10N2O2S/c1-8-5-6-18-12(8)9-7-15-10(13(16)17)3-2-4-11(15)14-9/h2-7H,1H3,(H,16,17). The van der Waals surface area contributed by atoms with Gasteiger partial charge >= 0.3 is 5.97 Å². The van der Waals surface area contributed by atoms with Crippen LogP contribution in [0.2, 0.25) is 0 Å². The summed E-state index contributed by atoms with van der Waals surface area (Å²) in [6, 6.07) is 7.11. The summed E-state index contributed by atoms with van der Waals surface area (Å²) in [6.45, 7) is 2.02. The van der Waals surface area contributed by atoms with Crippen LogP contribution in [0.15, 0.2) is 35.8 Å². The summed E-state index contributed by atoms with van der Waals surface area (Å²) >= 11 is 1.61. The van der Waals surface area contributed by atoms with Crippen molar-refractivity contribution in [2.75, 3.05) is 0 Å². The van der Waals surface area contributed by atoms with Crippen molar-refractivity contribution in [3.8, 4) is 10.6 Å². The number of carbonyl (C=O) groups is 1. The van der Waals surface area contributed by atoms with E-state index in [9.17, 15) is 4.79 Å². The predicted molar refractivity (Wildman–Crippen MR) is 70.2 cm³/mol. The van der Waals surface area contributed by atoms with E-state index in [1.165, 1.54) is 0 Å². The first-order valence-electron chi connectivity index (χ1n) is 5.42. The maximum absolute atomic E-state index is 11.1. The third kappa shape index (κ3) is 1.60. The Kier molecular flexibility index (Phi) is 2.41. The highest BCUT2D eigenvalue weighted by Crippen LogP contribution is 2.28. The highest BCUT2D eigenvalue weighted by molar-refractivity contribution is 7.13. The Morgan fingerprint density at radius 1 is 1.39 bits per heavy atom. The number of imidazole rings is 1. The second-order valence-corrected chi connectivity index (χ2v) is 4.92. The van der Waals surface area contributed by atoms with Gasteiger partial charge in [0.05, 0.1) is 10.6 Å². The minimum absolute atomic E-state index is 0.223. The Hall–Kier alpha value is -2.14. The monoisotopic (exact) mass is 258 g/mol. The largest absolute Gasteiger partial charge is 0.477 e. The fourth-order valence-electron chi connectivity index (χ4n) is 1.93. The van der Waals surface area contributed by atoms with E-state index in [0.29, 0.717) is 5.65 Å². The quantitative estimate of drug-likeness (QED) is 0.768. The van der Waals surface area contributed by atoms with Crippen LogP contribution in [0.4, 0.5) is 0 Å². The summed E-state index contributed by atoms with van der Waals surface area (Å²) in [5.74, 6) is -0.951. The predicted octanol–water partition coefficient (Wildman–Crippen LogP) is 3.07. The molecule has 0 spiro atoms. The highest BCUT2D eigenvalue weighted by atomic mass is 32.1. The van der Waals surface area contributed by atoms with Crippen LogP contribution in [0, 0.1) is 6.92 Å². The number of fused-ring (bicyclic) bond motifs is 1. The van der Waals surface area contributed by atoms with Gasteiger partial charge in [0.2, 0.25) is 0 Å². The number of aromatic nitrogens is 2. The lowest BCUT2D eigenvalue weighted by Crippen LogP contribution is -2.03. The summed E-state index contributed by atoms with van der Waals surface area (Å²) in [5, 5.41) is 11.1. The Morgan fingerprint density at radius 3 is 2.89 bits per heavy atom. The Morgan fingerprint density at radius 2 is 2.22 bits per heavy atom. The van der Waals surface area contributed by atoms with Crippen molar-refractivity contribution >= 4 is 23.0 Å². The van der Waals surface area contributed by atoms with Crippen molar-refractivity contribution in [2.45, 2.75) is 6.92 Å². The Balaban J connectivity index is 2.26. The van der Waals surface area contributed by atoms with Crippen molar-refractivity contribution in [3.05, 3.63) is 47.1 Å². The Labute approximate surface area is 107 Å². The van der Waals surface area contributed by atoms with Crippen molar-refractivity contribution in [1.29, 1.82) is 0 Å². The molecule has 18 heavy (non-hydrogen) atoms. The molecule has 3 heterocycles. The minimum Gasteiger partial charge on any atom is -0.477 e. The molecule has 0 aliphatic heterocycles. The fraction of sp³-hybridized carbons (Fsp3) is 0.0769. The van der Waals surface area contributed by atoms with Gasteiger partial charge in [-0.15, -0.1) is 11.3 Å². The molecule has 4 nitrogen and oxygen atoms in total. The number of pyridine rings is 1. The van der Waals surface area contributed by atoms with E-state index in [-0.39, 0.29) is 5.69 Å². The van der Waals surface area contributed by atoms with Crippen LogP contribution in [0.5, 0.6) is 0 Å². The number of nitrogens with zero attached hydrogens (tertiary/aromatic N) is 2. The average molecular weight is 258 g/mol. The van der Waals surface area contributed by atoms with Crippen LogP contribution in [0.1, 0.15) is 16.1 Å². The number of aromatic carboxylic acids is 1. The topological polar surface area (TPSA) is 54.6 Å². The van der Waals surface area contributed by atoms with E-state index in [0.717, 1.165) is 16.1 Å². The molecule has 0 bridgehead atoms. The van der Waals surface area contributed by atoms with Gasteiger partial charge in [-0.05, 0) is 36.1 Å².